The lowest BCUT2D eigenvalue weighted by Gasteiger charge is -2.16. The van der Waals surface area contributed by atoms with Gasteiger partial charge in [0.2, 0.25) is 0 Å². The molecule has 1 aliphatic rings. The number of rotatable bonds is 0. The van der Waals surface area contributed by atoms with Gasteiger partial charge in [-0.15, -0.1) is 0 Å². The summed E-state index contributed by atoms with van der Waals surface area (Å²) in [5, 5.41) is 0. The van der Waals surface area contributed by atoms with Crippen LogP contribution in [-0.4, -0.2) is 16.1 Å². The van der Waals surface area contributed by atoms with Crippen LogP contribution in [-0.2, 0) is 0 Å². The molecule has 1 aliphatic carbocycles. The molecule has 0 saturated carbocycles. The molecule has 0 atom stereocenters. The zero-order valence-electron chi connectivity index (χ0n) is 9.17. The molecule has 2 heterocycles. The van der Waals surface area contributed by atoms with Gasteiger partial charge in [0.25, 0.3) is 0 Å². The molecule has 19 heavy (non-hydrogen) atoms. The monoisotopic (exact) mass is 392 g/mol. The van der Waals surface area contributed by atoms with E-state index in [1.165, 1.54) is 24.3 Å². The molecule has 2 aromatic rings. The Labute approximate surface area is 123 Å². The van der Waals surface area contributed by atoms with Crippen molar-refractivity contribution in [2.45, 2.75) is 12.1 Å². The van der Waals surface area contributed by atoms with Crippen LogP contribution in [0, 0.1) is 0 Å². The summed E-state index contributed by atoms with van der Waals surface area (Å²) in [6.07, 6.45) is -4.36. The minimum absolute atomic E-state index is 0.149. The lowest BCUT2D eigenvalue weighted by molar-refractivity contribution is -0.140. The fraction of sp³-hybridized carbons (Fsp3) is 0.167. The first-order valence-electron chi connectivity index (χ1n) is 5.28. The van der Waals surface area contributed by atoms with E-state index in [0.29, 0.717) is 9.21 Å². The Morgan fingerprint density at radius 2 is 1.26 bits per heavy atom. The van der Waals surface area contributed by atoms with Crippen molar-refractivity contribution in [3.05, 3.63) is 44.6 Å². The van der Waals surface area contributed by atoms with Crippen molar-refractivity contribution in [3.8, 4) is 11.4 Å². The molecule has 3 rings (SSSR count). The minimum Gasteiger partial charge on any atom is -0.239 e. The van der Waals surface area contributed by atoms with E-state index < -0.39 is 12.1 Å². The van der Waals surface area contributed by atoms with Gasteiger partial charge in [-0.3, -0.25) is 0 Å². The molecule has 0 N–H and O–H groups in total. The van der Waals surface area contributed by atoms with E-state index >= 15 is 0 Å². The number of nitrogens with zero attached hydrogens (tertiary/aromatic N) is 2. The van der Waals surface area contributed by atoms with E-state index in [4.69, 9.17) is 0 Å². The molecule has 7 heteroatoms. The maximum atomic E-state index is 13.2. The molecule has 0 spiro atoms. The highest BCUT2D eigenvalue weighted by molar-refractivity contribution is 9.10. The normalized spacial score (nSPS) is 14.4. The van der Waals surface area contributed by atoms with Crippen LogP contribution in [0.5, 0.6) is 0 Å². The van der Waals surface area contributed by atoms with E-state index in [0.717, 1.165) is 0 Å². The zero-order valence-corrected chi connectivity index (χ0v) is 12.3. The van der Waals surface area contributed by atoms with E-state index in [1.54, 1.807) is 0 Å². The van der Waals surface area contributed by atoms with Crippen LogP contribution in [0.25, 0.3) is 11.4 Å². The Morgan fingerprint density at radius 1 is 0.842 bits per heavy atom. The molecule has 98 valence electrons. The Hall–Kier alpha value is -0.950. The van der Waals surface area contributed by atoms with Crippen LogP contribution in [0.15, 0.2) is 33.5 Å². The maximum Gasteiger partial charge on any atom is 0.399 e. The van der Waals surface area contributed by atoms with Crippen LogP contribution in [0.4, 0.5) is 13.2 Å². The predicted octanol–water partition coefficient (Wildman–Crippen LogP) is 4.68. The Morgan fingerprint density at radius 3 is 1.63 bits per heavy atom. The van der Waals surface area contributed by atoms with Gasteiger partial charge in [-0.05, 0) is 55.1 Å². The molecular weight excluding hydrogens is 389 g/mol. The number of halogens is 5. The number of aromatic nitrogens is 2. The molecule has 0 aliphatic heterocycles. The van der Waals surface area contributed by atoms with Crippen molar-refractivity contribution in [2.24, 2.45) is 0 Å². The van der Waals surface area contributed by atoms with Crippen molar-refractivity contribution >= 4 is 31.9 Å². The highest BCUT2D eigenvalue weighted by atomic mass is 79.9. The van der Waals surface area contributed by atoms with Gasteiger partial charge in [-0.25, -0.2) is 9.97 Å². The van der Waals surface area contributed by atoms with Gasteiger partial charge < -0.3 is 0 Å². The SMILES string of the molecule is FC(F)(F)C1c2ccc(Br)nc2-c2nc(Br)ccc21. The summed E-state index contributed by atoms with van der Waals surface area (Å²) in [5.41, 5.74) is 0.869. The summed E-state index contributed by atoms with van der Waals surface area (Å²) in [6, 6.07) is 5.91. The summed E-state index contributed by atoms with van der Waals surface area (Å²) in [5.74, 6) is -1.65. The average molecular weight is 394 g/mol. The van der Waals surface area contributed by atoms with Gasteiger partial charge >= 0.3 is 6.18 Å². The number of pyridine rings is 2. The van der Waals surface area contributed by atoms with Crippen molar-refractivity contribution in [3.63, 3.8) is 0 Å². The third kappa shape index (κ3) is 2.08. The molecule has 0 unspecified atom stereocenters. The molecule has 0 radical (unpaired) electrons. The fourth-order valence-electron chi connectivity index (χ4n) is 2.26. The molecule has 0 aromatic carbocycles. The predicted molar refractivity (Wildman–Crippen MR) is 70.8 cm³/mol. The quantitative estimate of drug-likeness (QED) is 0.607. The van der Waals surface area contributed by atoms with Gasteiger partial charge in [-0.2, -0.15) is 13.2 Å². The topological polar surface area (TPSA) is 25.8 Å². The van der Waals surface area contributed by atoms with Crippen molar-refractivity contribution in [1.82, 2.24) is 9.97 Å². The third-order valence-corrected chi connectivity index (χ3v) is 3.84. The lowest BCUT2D eigenvalue weighted by atomic mass is 9.98. The van der Waals surface area contributed by atoms with E-state index in [9.17, 15) is 13.2 Å². The smallest absolute Gasteiger partial charge is 0.239 e. The van der Waals surface area contributed by atoms with Crippen LogP contribution in [0.2, 0.25) is 0 Å². The summed E-state index contributed by atoms with van der Waals surface area (Å²) in [6.45, 7) is 0. The maximum absolute atomic E-state index is 13.2. The first-order chi connectivity index (χ1) is 8.88. The van der Waals surface area contributed by atoms with Crippen LogP contribution >= 0.6 is 31.9 Å². The lowest BCUT2D eigenvalue weighted by Crippen LogP contribution is -2.20. The van der Waals surface area contributed by atoms with Crippen molar-refractivity contribution < 1.29 is 13.2 Å². The van der Waals surface area contributed by atoms with Crippen LogP contribution in [0.1, 0.15) is 17.0 Å². The number of hydrogen-bond acceptors (Lipinski definition) is 2. The standard InChI is InChI=1S/C12H5Br2F3N2/c13-7-3-1-5-9(12(15,16)17)6-2-4-8(14)19-11(6)10(5)18-7/h1-4,9H. The van der Waals surface area contributed by atoms with E-state index in [-0.39, 0.29) is 22.5 Å². The number of hydrogen-bond donors (Lipinski definition) is 0. The van der Waals surface area contributed by atoms with Crippen LogP contribution < -0.4 is 0 Å². The van der Waals surface area contributed by atoms with Crippen molar-refractivity contribution in [1.29, 1.82) is 0 Å². The minimum atomic E-state index is -4.36. The van der Waals surface area contributed by atoms with Gasteiger partial charge in [0.1, 0.15) is 15.1 Å². The summed E-state index contributed by atoms with van der Waals surface area (Å²) in [7, 11) is 0. The summed E-state index contributed by atoms with van der Waals surface area (Å²) < 4.78 is 40.7. The fourth-order valence-corrected chi connectivity index (χ4v) is 2.88. The first-order valence-corrected chi connectivity index (χ1v) is 6.86. The second kappa shape index (κ2) is 4.28. The van der Waals surface area contributed by atoms with Gasteiger partial charge in [0, 0.05) is 0 Å². The Kier molecular flexibility index (Phi) is 2.94. The molecule has 0 amide bonds. The Bertz CT molecular complexity index is 619. The number of alkyl halides is 3. The Balaban J connectivity index is 2.33. The molecule has 2 aromatic heterocycles. The van der Waals surface area contributed by atoms with Gasteiger partial charge in [0.15, 0.2) is 0 Å². The van der Waals surface area contributed by atoms with Crippen molar-refractivity contribution in [2.75, 3.05) is 0 Å². The third-order valence-electron chi connectivity index (χ3n) is 2.96. The molecule has 0 saturated heterocycles. The highest BCUT2D eigenvalue weighted by Crippen LogP contribution is 2.50. The van der Waals surface area contributed by atoms with E-state index in [2.05, 4.69) is 41.8 Å². The van der Waals surface area contributed by atoms with Gasteiger partial charge in [0.05, 0.1) is 11.4 Å². The molecule has 0 bridgehead atoms. The molecule has 0 fully saturated rings. The molecular formula is C12H5Br2F3N2. The second-order valence-electron chi connectivity index (χ2n) is 4.12. The van der Waals surface area contributed by atoms with Gasteiger partial charge in [-0.1, -0.05) is 12.1 Å². The van der Waals surface area contributed by atoms with E-state index in [1.807, 2.05) is 0 Å². The second-order valence-corrected chi connectivity index (χ2v) is 5.74. The molecule has 2 nitrogen and oxygen atoms in total. The zero-order chi connectivity index (χ0) is 13.8. The summed E-state index contributed by atoms with van der Waals surface area (Å²) >= 11 is 6.35. The summed E-state index contributed by atoms with van der Waals surface area (Å²) in [4.78, 5) is 8.27. The largest absolute Gasteiger partial charge is 0.399 e. The number of fused-ring (bicyclic) bond motifs is 3. The first kappa shape index (κ1) is 13.1. The van der Waals surface area contributed by atoms with Crippen LogP contribution in [0.3, 0.4) is 0 Å². The highest BCUT2D eigenvalue weighted by Gasteiger charge is 2.48. The average Bonchev–Trinajstić information content (AvgIpc) is 2.62.